The van der Waals surface area contributed by atoms with Gasteiger partial charge in [-0.2, -0.15) is 5.26 Å². The Morgan fingerprint density at radius 2 is 2.00 bits per heavy atom. The van der Waals surface area contributed by atoms with Gasteiger partial charge in [0.15, 0.2) is 11.0 Å². The van der Waals surface area contributed by atoms with Crippen molar-refractivity contribution in [2.24, 2.45) is 0 Å². The van der Waals surface area contributed by atoms with E-state index in [9.17, 15) is 4.39 Å². The van der Waals surface area contributed by atoms with Crippen molar-refractivity contribution < 1.29 is 4.39 Å². The van der Waals surface area contributed by atoms with Gasteiger partial charge in [0.2, 0.25) is 0 Å². The van der Waals surface area contributed by atoms with Crippen LogP contribution in [0.4, 0.5) is 4.39 Å². The molecule has 0 radical (unpaired) electrons. The highest BCUT2D eigenvalue weighted by Gasteiger charge is 2.24. The standard InChI is InChI=1S/C16H17FN4S/c17-14-9-5-4-8-13(14)15-19-20-16(22-11-10-18)21(15)12-6-2-1-3-7-12/h4-5,8-9,12H,1-3,6-7,11H2. The summed E-state index contributed by atoms with van der Waals surface area (Å²) in [6.45, 7) is 0. The van der Waals surface area contributed by atoms with Crippen molar-refractivity contribution in [1.29, 1.82) is 5.26 Å². The minimum Gasteiger partial charge on any atom is -0.299 e. The first kappa shape index (κ1) is 15.0. The number of benzene rings is 1. The number of thioether (sulfide) groups is 1. The summed E-state index contributed by atoms with van der Waals surface area (Å²) in [5.41, 5.74) is 0.476. The summed E-state index contributed by atoms with van der Waals surface area (Å²) in [5, 5.41) is 17.9. The molecule has 0 spiro atoms. The number of hydrogen-bond donors (Lipinski definition) is 0. The maximum atomic E-state index is 14.1. The van der Waals surface area contributed by atoms with E-state index in [0.717, 1.165) is 12.8 Å². The molecule has 4 nitrogen and oxygen atoms in total. The van der Waals surface area contributed by atoms with Crippen LogP contribution < -0.4 is 0 Å². The van der Waals surface area contributed by atoms with Crippen molar-refractivity contribution in [2.75, 3.05) is 5.75 Å². The summed E-state index contributed by atoms with van der Waals surface area (Å²) >= 11 is 1.37. The molecule has 6 heteroatoms. The second kappa shape index (κ2) is 6.93. The largest absolute Gasteiger partial charge is 0.299 e. The van der Waals surface area contributed by atoms with E-state index in [1.54, 1.807) is 18.2 Å². The number of halogens is 1. The SMILES string of the molecule is N#CCSc1nnc(-c2ccccc2F)n1C1CCCCC1. The lowest BCUT2D eigenvalue weighted by molar-refractivity contribution is 0.339. The quantitative estimate of drug-likeness (QED) is 0.793. The predicted molar refractivity (Wildman–Crippen MR) is 83.9 cm³/mol. The minimum atomic E-state index is -0.288. The van der Waals surface area contributed by atoms with Crippen LogP contribution in [-0.4, -0.2) is 20.5 Å². The molecular weight excluding hydrogens is 299 g/mol. The van der Waals surface area contributed by atoms with Gasteiger partial charge in [-0.15, -0.1) is 10.2 Å². The molecule has 0 atom stereocenters. The van der Waals surface area contributed by atoms with Crippen molar-refractivity contribution in [2.45, 2.75) is 43.3 Å². The van der Waals surface area contributed by atoms with Crippen molar-refractivity contribution in [3.8, 4) is 17.5 Å². The van der Waals surface area contributed by atoms with Crippen molar-refractivity contribution in [3.63, 3.8) is 0 Å². The summed E-state index contributed by atoms with van der Waals surface area (Å²) in [6, 6.07) is 9.06. The Labute approximate surface area is 133 Å². The molecule has 0 aliphatic heterocycles. The van der Waals surface area contributed by atoms with Gasteiger partial charge < -0.3 is 0 Å². The number of aromatic nitrogens is 3. The van der Waals surface area contributed by atoms with Gasteiger partial charge in [0.05, 0.1) is 17.4 Å². The van der Waals surface area contributed by atoms with E-state index in [4.69, 9.17) is 5.26 Å². The van der Waals surface area contributed by atoms with Gasteiger partial charge in [-0.3, -0.25) is 4.57 Å². The zero-order chi connectivity index (χ0) is 15.4. The van der Waals surface area contributed by atoms with Crippen LogP contribution >= 0.6 is 11.8 Å². The zero-order valence-corrected chi connectivity index (χ0v) is 13.0. The zero-order valence-electron chi connectivity index (χ0n) is 12.2. The van der Waals surface area contributed by atoms with Gasteiger partial charge in [0.25, 0.3) is 0 Å². The Kier molecular flexibility index (Phi) is 4.74. The van der Waals surface area contributed by atoms with Gasteiger partial charge in [-0.1, -0.05) is 43.2 Å². The molecule has 0 saturated heterocycles. The van der Waals surface area contributed by atoms with Crippen molar-refractivity contribution in [3.05, 3.63) is 30.1 Å². The van der Waals surface area contributed by atoms with Gasteiger partial charge in [-0.05, 0) is 25.0 Å². The smallest absolute Gasteiger partial charge is 0.192 e. The van der Waals surface area contributed by atoms with E-state index in [1.165, 1.54) is 37.1 Å². The highest BCUT2D eigenvalue weighted by Crippen LogP contribution is 2.35. The fraction of sp³-hybridized carbons (Fsp3) is 0.438. The monoisotopic (exact) mass is 316 g/mol. The summed E-state index contributed by atoms with van der Waals surface area (Å²) in [6.07, 6.45) is 5.69. The van der Waals surface area contributed by atoms with Crippen LogP contribution in [0.5, 0.6) is 0 Å². The van der Waals surface area contributed by atoms with Crippen LogP contribution in [0.2, 0.25) is 0 Å². The normalized spacial score (nSPS) is 15.6. The number of nitrogens with zero attached hydrogens (tertiary/aromatic N) is 4. The number of nitriles is 1. The van der Waals surface area contributed by atoms with Crippen LogP contribution in [-0.2, 0) is 0 Å². The Hall–Kier alpha value is -1.87. The van der Waals surface area contributed by atoms with E-state index in [-0.39, 0.29) is 5.82 Å². The molecule has 1 aliphatic rings. The molecule has 0 amide bonds. The highest BCUT2D eigenvalue weighted by molar-refractivity contribution is 7.99. The van der Waals surface area contributed by atoms with Crippen LogP contribution in [0.15, 0.2) is 29.4 Å². The van der Waals surface area contributed by atoms with E-state index in [0.29, 0.717) is 28.3 Å². The molecule has 0 unspecified atom stereocenters. The van der Waals surface area contributed by atoms with E-state index < -0.39 is 0 Å². The molecule has 1 aromatic heterocycles. The highest BCUT2D eigenvalue weighted by atomic mass is 32.2. The Balaban J connectivity index is 2.04. The third kappa shape index (κ3) is 3.00. The van der Waals surface area contributed by atoms with Gasteiger partial charge in [0.1, 0.15) is 5.82 Å². The second-order valence-corrected chi connectivity index (χ2v) is 6.34. The van der Waals surface area contributed by atoms with E-state index in [2.05, 4.69) is 16.3 Å². The molecule has 1 aromatic carbocycles. The molecule has 0 bridgehead atoms. The molecule has 0 N–H and O–H groups in total. The summed E-state index contributed by atoms with van der Waals surface area (Å²) in [4.78, 5) is 0. The lowest BCUT2D eigenvalue weighted by Gasteiger charge is -2.25. The lowest BCUT2D eigenvalue weighted by atomic mass is 9.95. The van der Waals surface area contributed by atoms with Gasteiger partial charge in [0, 0.05) is 6.04 Å². The van der Waals surface area contributed by atoms with Crippen molar-refractivity contribution in [1.82, 2.24) is 14.8 Å². The average molecular weight is 316 g/mol. The minimum absolute atomic E-state index is 0.288. The molecule has 22 heavy (non-hydrogen) atoms. The van der Waals surface area contributed by atoms with Gasteiger partial charge in [-0.25, -0.2) is 4.39 Å². The van der Waals surface area contributed by atoms with Crippen LogP contribution in [0, 0.1) is 17.1 Å². The molecule has 1 aliphatic carbocycles. The molecule has 1 saturated carbocycles. The molecule has 3 rings (SSSR count). The fourth-order valence-electron chi connectivity index (χ4n) is 2.97. The third-order valence-corrected chi connectivity index (χ3v) is 4.79. The van der Waals surface area contributed by atoms with Crippen LogP contribution in [0.3, 0.4) is 0 Å². The predicted octanol–water partition coefficient (Wildman–Crippen LogP) is 4.21. The molecule has 2 aromatic rings. The van der Waals surface area contributed by atoms with E-state index in [1.807, 2.05) is 4.57 Å². The average Bonchev–Trinajstić information content (AvgIpc) is 2.98. The fourth-order valence-corrected chi connectivity index (χ4v) is 3.63. The first-order valence-corrected chi connectivity index (χ1v) is 8.49. The molecule has 114 valence electrons. The second-order valence-electron chi connectivity index (χ2n) is 5.39. The van der Waals surface area contributed by atoms with Crippen molar-refractivity contribution >= 4 is 11.8 Å². The molecular formula is C16H17FN4S. The van der Waals surface area contributed by atoms with Crippen LogP contribution in [0.25, 0.3) is 11.4 Å². The topological polar surface area (TPSA) is 54.5 Å². The summed E-state index contributed by atoms with van der Waals surface area (Å²) < 4.78 is 16.2. The third-order valence-electron chi connectivity index (χ3n) is 3.98. The van der Waals surface area contributed by atoms with E-state index >= 15 is 0 Å². The molecule has 1 heterocycles. The number of rotatable bonds is 4. The lowest BCUT2D eigenvalue weighted by Crippen LogP contribution is -2.15. The summed E-state index contributed by atoms with van der Waals surface area (Å²) in [5.74, 6) is 0.608. The Bertz CT molecular complexity index is 686. The Morgan fingerprint density at radius 3 is 2.73 bits per heavy atom. The molecule has 1 fully saturated rings. The van der Waals surface area contributed by atoms with Gasteiger partial charge >= 0.3 is 0 Å². The Morgan fingerprint density at radius 1 is 1.23 bits per heavy atom. The summed E-state index contributed by atoms with van der Waals surface area (Å²) in [7, 11) is 0. The maximum Gasteiger partial charge on any atom is 0.192 e. The first-order chi connectivity index (χ1) is 10.8. The van der Waals surface area contributed by atoms with Crippen LogP contribution in [0.1, 0.15) is 38.1 Å². The number of hydrogen-bond acceptors (Lipinski definition) is 4. The maximum absolute atomic E-state index is 14.1. The first-order valence-electron chi connectivity index (χ1n) is 7.51.